The molecule has 0 aliphatic carbocycles. The van der Waals surface area contributed by atoms with Gasteiger partial charge in [0, 0.05) is 31.6 Å². The lowest BCUT2D eigenvalue weighted by atomic mass is 9.95. The summed E-state index contributed by atoms with van der Waals surface area (Å²) in [5.41, 5.74) is 9.92. The van der Waals surface area contributed by atoms with Gasteiger partial charge in [-0.15, -0.1) is 0 Å². The van der Waals surface area contributed by atoms with E-state index >= 15 is 0 Å². The number of aromatic hydroxyl groups is 1. The first kappa shape index (κ1) is 26.8. The predicted octanol–water partition coefficient (Wildman–Crippen LogP) is 3.28. The monoisotopic (exact) mass is 517 g/mol. The average molecular weight is 518 g/mol. The summed E-state index contributed by atoms with van der Waals surface area (Å²) in [4.78, 5) is 35.1. The largest absolute Gasteiger partial charge is 0.507 e. The number of aryl methyl sites for hydroxylation is 1. The average Bonchev–Trinajstić information content (AvgIpc) is 3.24. The van der Waals surface area contributed by atoms with Gasteiger partial charge >= 0.3 is 5.97 Å². The van der Waals surface area contributed by atoms with Crippen molar-refractivity contribution in [2.24, 2.45) is 5.73 Å². The maximum atomic E-state index is 12.5. The number of amides is 2. The number of nitrogens with two attached hydrogens (primary N) is 1. The minimum atomic E-state index is -1.20. The van der Waals surface area contributed by atoms with Crippen LogP contribution < -0.4 is 5.73 Å². The summed E-state index contributed by atoms with van der Waals surface area (Å²) in [6, 6.07) is 17.3. The quantitative estimate of drug-likeness (QED) is 0.323. The molecule has 2 amide bonds. The van der Waals surface area contributed by atoms with Gasteiger partial charge in [-0.2, -0.15) is 0 Å². The van der Waals surface area contributed by atoms with Gasteiger partial charge in [0.2, 0.25) is 11.8 Å². The fourth-order valence-corrected chi connectivity index (χ4v) is 4.77. The van der Waals surface area contributed by atoms with E-state index in [4.69, 9.17) is 10.8 Å². The van der Waals surface area contributed by atoms with Gasteiger partial charge in [0.05, 0.1) is 6.10 Å². The molecule has 3 aromatic rings. The Kier molecular flexibility index (Phi) is 8.09. The number of phenols is 1. The zero-order chi connectivity index (χ0) is 27.4. The van der Waals surface area contributed by atoms with Crippen LogP contribution in [0, 0.1) is 6.92 Å². The van der Waals surface area contributed by atoms with Crippen molar-refractivity contribution >= 4 is 17.8 Å². The molecule has 1 atom stereocenters. The fraction of sp³-hybridized carbons (Fsp3) is 0.276. The van der Waals surface area contributed by atoms with E-state index in [2.05, 4.69) is 0 Å². The number of aliphatic hydroxyl groups excluding tert-OH is 1. The zero-order valence-corrected chi connectivity index (χ0v) is 21.1. The lowest BCUT2D eigenvalue weighted by Gasteiger charge is -2.29. The number of nitrogens with zero attached hydrogens (tertiary/aromatic N) is 2. The molecule has 198 valence electrons. The van der Waals surface area contributed by atoms with E-state index in [0.29, 0.717) is 44.5 Å². The Labute approximate surface area is 220 Å². The van der Waals surface area contributed by atoms with Gasteiger partial charge in [0.1, 0.15) is 11.3 Å². The topological polar surface area (TPSA) is 144 Å². The van der Waals surface area contributed by atoms with Crippen LogP contribution in [0.5, 0.6) is 5.75 Å². The minimum Gasteiger partial charge on any atom is -0.507 e. The summed E-state index contributed by atoms with van der Waals surface area (Å²) in [6.07, 6.45) is 0.517. The summed E-state index contributed by atoms with van der Waals surface area (Å²) in [7, 11) is 0. The second kappa shape index (κ2) is 11.5. The summed E-state index contributed by atoms with van der Waals surface area (Å²) >= 11 is 0. The van der Waals surface area contributed by atoms with E-state index < -0.39 is 18.0 Å². The number of hydrazine groups is 1. The van der Waals surface area contributed by atoms with E-state index in [1.54, 1.807) is 23.2 Å². The van der Waals surface area contributed by atoms with Crippen LogP contribution in [-0.4, -0.2) is 62.8 Å². The third-order valence-corrected chi connectivity index (χ3v) is 6.87. The van der Waals surface area contributed by atoms with Crippen molar-refractivity contribution in [2.45, 2.75) is 32.3 Å². The van der Waals surface area contributed by atoms with Crippen molar-refractivity contribution in [3.05, 3.63) is 88.5 Å². The second-order valence-corrected chi connectivity index (χ2v) is 9.45. The summed E-state index contributed by atoms with van der Waals surface area (Å²) in [5.74, 6) is -1.99. The highest BCUT2D eigenvalue weighted by Crippen LogP contribution is 2.28. The third-order valence-electron chi connectivity index (χ3n) is 6.87. The van der Waals surface area contributed by atoms with Crippen molar-refractivity contribution in [3.8, 4) is 16.9 Å². The van der Waals surface area contributed by atoms with Crippen molar-refractivity contribution < 1.29 is 29.7 Å². The molecular formula is C29H31N3O6. The molecule has 4 rings (SSSR count). The number of aromatic carboxylic acids is 1. The van der Waals surface area contributed by atoms with Crippen LogP contribution in [0.15, 0.2) is 60.7 Å². The molecule has 0 bridgehead atoms. The number of carboxylic acids is 1. The molecule has 9 nitrogen and oxygen atoms in total. The third kappa shape index (κ3) is 6.01. The Hall–Kier alpha value is -4.21. The van der Waals surface area contributed by atoms with Crippen LogP contribution in [-0.2, 0) is 11.2 Å². The van der Waals surface area contributed by atoms with Gasteiger partial charge in [0.25, 0.3) is 0 Å². The number of carboxylic acid groups (broad SMARTS) is 1. The van der Waals surface area contributed by atoms with E-state index in [9.17, 15) is 24.6 Å². The van der Waals surface area contributed by atoms with Crippen molar-refractivity contribution in [1.82, 2.24) is 10.0 Å². The minimum absolute atomic E-state index is 0.0113. The summed E-state index contributed by atoms with van der Waals surface area (Å²) in [5, 5.41) is 33.5. The smallest absolute Gasteiger partial charge is 0.339 e. The van der Waals surface area contributed by atoms with E-state index in [1.807, 2.05) is 42.3 Å². The van der Waals surface area contributed by atoms with Crippen molar-refractivity contribution in [1.29, 1.82) is 0 Å². The van der Waals surface area contributed by atoms with E-state index in [1.165, 1.54) is 12.1 Å². The first-order valence-electron chi connectivity index (χ1n) is 12.4. The van der Waals surface area contributed by atoms with Gasteiger partial charge in [-0.25, -0.2) is 9.80 Å². The highest BCUT2D eigenvalue weighted by molar-refractivity contribution is 5.93. The number of primary amides is 1. The molecule has 1 heterocycles. The van der Waals surface area contributed by atoms with Crippen LogP contribution in [0.25, 0.3) is 11.1 Å². The molecule has 38 heavy (non-hydrogen) atoms. The number of carbonyl (C=O) groups is 3. The van der Waals surface area contributed by atoms with Gasteiger partial charge in [0.15, 0.2) is 0 Å². The van der Waals surface area contributed by atoms with E-state index in [0.717, 1.165) is 27.8 Å². The van der Waals surface area contributed by atoms with Crippen LogP contribution in [0.4, 0.5) is 0 Å². The Bertz CT molecular complexity index is 1370. The van der Waals surface area contributed by atoms with Crippen LogP contribution >= 0.6 is 0 Å². The maximum Gasteiger partial charge on any atom is 0.339 e. The normalized spacial score (nSPS) is 14.6. The standard InChI is InChI=1S/C29H31N3O6/c1-18-15-22(28(30)36)6-8-23(18)20-3-2-4-21(17-20)25(33)10-12-31-13-11-27(35)32(31)14-9-19-5-7-24(29(37)38)26(34)16-19/h2-8,15-17,25,33-34H,9-14H2,1H3,(H2,30,36)(H,37,38). The fourth-order valence-electron chi connectivity index (χ4n) is 4.77. The molecule has 3 aromatic carbocycles. The van der Waals surface area contributed by atoms with Crippen LogP contribution in [0.1, 0.15) is 56.4 Å². The Balaban J connectivity index is 1.38. The summed E-state index contributed by atoms with van der Waals surface area (Å²) < 4.78 is 0. The molecule has 0 aromatic heterocycles. The Morgan fingerprint density at radius 1 is 1.05 bits per heavy atom. The lowest BCUT2D eigenvalue weighted by Crippen LogP contribution is -2.41. The first-order chi connectivity index (χ1) is 18.1. The number of rotatable bonds is 10. The van der Waals surface area contributed by atoms with Crippen molar-refractivity contribution in [3.63, 3.8) is 0 Å². The number of benzene rings is 3. The molecule has 1 saturated heterocycles. The molecule has 5 N–H and O–H groups in total. The molecule has 1 fully saturated rings. The number of carbonyl (C=O) groups excluding carboxylic acids is 2. The molecule has 0 spiro atoms. The molecule has 0 saturated carbocycles. The van der Waals surface area contributed by atoms with Gasteiger partial charge in [-0.3, -0.25) is 14.6 Å². The highest BCUT2D eigenvalue weighted by Gasteiger charge is 2.29. The van der Waals surface area contributed by atoms with E-state index in [-0.39, 0.29) is 17.2 Å². The number of hydrogen-bond acceptors (Lipinski definition) is 6. The zero-order valence-electron chi connectivity index (χ0n) is 21.1. The molecule has 0 radical (unpaired) electrons. The molecular weight excluding hydrogens is 486 g/mol. The predicted molar refractivity (Wildman–Crippen MR) is 141 cm³/mol. The maximum absolute atomic E-state index is 12.5. The highest BCUT2D eigenvalue weighted by atomic mass is 16.4. The number of hydrogen-bond donors (Lipinski definition) is 4. The first-order valence-corrected chi connectivity index (χ1v) is 12.4. The van der Waals surface area contributed by atoms with Gasteiger partial charge in [-0.05, 0) is 77.9 Å². The van der Waals surface area contributed by atoms with Gasteiger partial charge in [-0.1, -0.05) is 30.3 Å². The number of aliphatic hydroxyl groups is 1. The van der Waals surface area contributed by atoms with Crippen LogP contribution in [0.2, 0.25) is 0 Å². The lowest BCUT2D eigenvalue weighted by molar-refractivity contribution is -0.138. The van der Waals surface area contributed by atoms with Crippen molar-refractivity contribution in [2.75, 3.05) is 19.6 Å². The molecule has 1 unspecified atom stereocenters. The van der Waals surface area contributed by atoms with Crippen LogP contribution in [0.3, 0.4) is 0 Å². The Morgan fingerprint density at radius 2 is 1.84 bits per heavy atom. The molecule has 9 heteroatoms. The SMILES string of the molecule is Cc1cc(C(N)=O)ccc1-c1cccc(C(O)CCN2CCC(=O)N2CCc2ccc(C(=O)O)c(O)c2)c1. The second-order valence-electron chi connectivity index (χ2n) is 9.45. The summed E-state index contributed by atoms with van der Waals surface area (Å²) in [6.45, 7) is 3.33. The van der Waals surface area contributed by atoms with Gasteiger partial charge < -0.3 is 21.1 Å². The molecule has 1 aliphatic rings. The molecule has 1 aliphatic heterocycles. The Morgan fingerprint density at radius 3 is 2.53 bits per heavy atom.